The molecule has 0 unspecified atom stereocenters. The third-order valence-electron chi connectivity index (χ3n) is 1.23. The molecule has 0 aliphatic heterocycles. The van der Waals surface area contributed by atoms with Crippen LogP contribution in [0.15, 0.2) is 35.9 Å². The molecule has 0 aliphatic carbocycles. The van der Waals surface area contributed by atoms with Crippen molar-refractivity contribution in [3.05, 3.63) is 35.9 Å². The minimum absolute atomic E-state index is 0.971. The molecule has 0 heteroatoms. The number of rotatable bonds is 3. The van der Waals surface area contributed by atoms with E-state index in [2.05, 4.69) is 26.0 Å². The molecular weight excluding hydrogens is 120 g/mol. The Kier molecular flexibility index (Phi) is 3.69. The van der Waals surface area contributed by atoms with Gasteiger partial charge in [0.05, 0.1) is 1.37 Å². The molecule has 0 fully saturated rings. The summed E-state index contributed by atoms with van der Waals surface area (Å²) in [6.07, 6.45) is 7.04. The molecule has 0 amide bonds. The molecule has 10 heavy (non-hydrogen) atoms. The van der Waals surface area contributed by atoms with Crippen LogP contribution in [0.3, 0.4) is 0 Å². The summed E-state index contributed by atoms with van der Waals surface area (Å²) in [4.78, 5) is 0. The summed E-state index contributed by atoms with van der Waals surface area (Å²) in [5.74, 6) is 0. The zero-order valence-electron chi connectivity index (χ0n) is 8.02. The average Bonchev–Trinajstić information content (AvgIpc) is 1.87. The summed E-state index contributed by atoms with van der Waals surface area (Å²) >= 11 is 0. The van der Waals surface area contributed by atoms with E-state index >= 15 is 0 Å². The van der Waals surface area contributed by atoms with Crippen LogP contribution in [-0.4, -0.2) is 0 Å². The second-order valence-corrected chi connectivity index (χ2v) is 2.63. The van der Waals surface area contributed by atoms with E-state index in [1.54, 1.807) is 6.08 Å². The molecule has 0 bridgehead atoms. The fraction of sp³-hybridized carbons (Fsp3) is 0.400. The molecule has 0 spiro atoms. The standard InChI is InChI=1S/C10H16/c1-5-10(4)8-6-7-9(2)3/h5,7-8H,1,6H2,2-4H3/i1D/b5-1+,10-8?. The van der Waals surface area contributed by atoms with Crippen molar-refractivity contribution in [3.63, 3.8) is 0 Å². The van der Waals surface area contributed by atoms with Crippen molar-refractivity contribution in [2.24, 2.45) is 0 Å². The lowest BCUT2D eigenvalue weighted by molar-refractivity contribution is 1.26. The van der Waals surface area contributed by atoms with Gasteiger partial charge in [-0.1, -0.05) is 35.9 Å². The summed E-state index contributed by atoms with van der Waals surface area (Å²) in [5.41, 5.74) is 2.49. The highest BCUT2D eigenvalue weighted by molar-refractivity contribution is 5.14. The molecule has 0 saturated carbocycles. The van der Waals surface area contributed by atoms with E-state index in [9.17, 15) is 0 Å². The van der Waals surface area contributed by atoms with Gasteiger partial charge < -0.3 is 0 Å². The predicted octanol–water partition coefficient (Wildman–Crippen LogP) is 3.48. The molecule has 0 heterocycles. The molecule has 0 rings (SSSR count). The van der Waals surface area contributed by atoms with Crippen LogP contribution in [-0.2, 0) is 0 Å². The second-order valence-electron chi connectivity index (χ2n) is 2.63. The Hall–Kier alpha value is -0.780. The van der Waals surface area contributed by atoms with Crippen LogP contribution in [0.25, 0.3) is 0 Å². The van der Waals surface area contributed by atoms with Crippen molar-refractivity contribution in [1.82, 2.24) is 0 Å². The van der Waals surface area contributed by atoms with Gasteiger partial charge in [-0.15, -0.1) is 0 Å². The lowest BCUT2D eigenvalue weighted by atomic mass is 10.2. The summed E-state index contributed by atoms with van der Waals surface area (Å²) in [6, 6.07) is 0. The number of hydrogen-bond acceptors (Lipinski definition) is 0. The number of hydrogen-bond donors (Lipinski definition) is 0. The van der Waals surface area contributed by atoms with Gasteiger partial charge in [0.25, 0.3) is 0 Å². The van der Waals surface area contributed by atoms with Crippen LogP contribution in [0.4, 0.5) is 0 Å². The van der Waals surface area contributed by atoms with Gasteiger partial charge in [-0.3, -0.25) is 0 Å². The Morgan fingerprint density at radius 1 is 1.40 bits per heavy atom. The molecule has 0 radical (unpaired) electrons. The lowest BCUT2D eigenvalue weighted by Gasteiger charge is -1.89. The van der Waals surface area contributed by atoms with E-state index < -0.39 is 0 Å². The van der Waals surface area contributed by atoms with E-state index in [-0.39, 0.29) is 0 Å². The first kappa shape index (κ1) is 7.33. The summed E-state index contributed by atoms with van der Waals surface area (Å²) < 4.78 is 6.82. The van der Waals surface area contributed by atoms with Gasteiger partial charge in [0.2, 0.25) is 0 Å². The Labute approximate surface area is 65.4 Å². The molecule has 0 nitrogen and oxygen atoms in total. The SMILES string of the molecule is [2H]/C=C/C(C)=CCC=C(C)C. The van der Waals surface area contributed by atoms with Crippen LogP contribution in [0, 0.1) is 0 Å². The molecule has 0 aromatic heterocycles. The zero-order valence-corrected chi connectivity index (χ0v) is 7.02. The molecule has 0 atom stereocenters. The fourth-order valence-electron chi connectivity index (χ4n) is 0.549. The first-order valence-electron chi connectivity index (χ1n) is 4.09. The van der Waals surface area contributed by atoms with Gasteiger partial charge in [0.15, 0.2) is 0 Å². The molecule has 0 aliphatic rings. The molecular formula is C10H16. The lowest BCUT2D eigenvalue weighted by Crippen LogP contribution is -1.68. The van der Waals surface area contributed by atoms with Crippen molar-refractivity contribution < 1.29 is 1.37 Å². The average molecular weight is 137 g/mol. The normalized spacial score (nSPS) is 13.5. The smallest absolute Gasteiger partial charge is 0.0538 e. The maximum Gasteiger partial charge on any atom is 0.0538 e. The van der Waals surface area contributed by atoms with E-state index in [0.717, 1.165) is 12.0 Å². The van der Waals surface area contributed by atoms with Gasteiger partial charge in [0, 0.05) is 0 Å². The minimum atomic E-state index is 0.971. The monoisotopic (exact) mass is 137 g/mol. The Morgan fingerprint density at radius 2 is 2.10 bits per heavy atom. The van der Waals surface area contributed by atoms with Gasteiger partial charge >= 0.3 is 0 Å². The van der Waals surface area contributed by atoms with Gasteiger partial charge in [0.1, 0.15) is 0 Å². The molecule has 0 saturated heterocycles. The summed E-state index contributed by atoms with van der Waals surface area (Å²) in [6.45, 7) is 7.49. The highest BCUT2D eigenvalue weighted by Crippen LogP contribution is 1.99. The zero-order chi connectivity index (χ0) is 8.69. The maximum atomic E-state index is 6.82. The van der Waals surface area contributed by atoms with Crippen LogP contribution >= 0.6 is 0 Å². The predicted molar refractivity (Wildman–Crippen MR) is 48.0 cm³/mol. The topological polar surface area (TPSA) is 0 Å². The summed E-state index contributed by atoms with van der Waals surface area (Å²) in [5, 5.41) is 0. The Balaban J connectivity index is 3.83. The largest absolute Gasteiger partial charge is 0.0988 e. The van der Waals surface area contributed by atoms with Crippen LogP contribution in [0.5, 0.6) is 0 Å². The van der Waals surface area contributed by atoms with E-state index in [0.29, 0.717) is 0 Å². The van der Waals surface area contributed by atoms with Crippen LogP contribution in [0.1, 0.15) is 28.6 Å². The van der Waals surface area contributed by atoms with Gasteiger partial charge in [-0.05, 0) is 27.2 Å². The minimum Gasteiger partial charge on any atom is -0.0988 e. The third-order valence-corrected chi connectivity index (χ3v) is 1.23. The van der Waals surface area contributed by atoms with Crippen molar-refractivity contribution in [3.8, 4) is 0 Å². The maximum absolute atomic E-state index is 6.82. The quantitative estimate of drug-likeness (QED) is 0.412. The van der Waals surface area contributed by atoms with Crippen LogP contribution in [0.2, 0.25) is 0 Å². The van der Waals surface area contributed by atoms with Crippen LogP contribution < -0.4 is 0 Å². The van der Waals surface area contributed by atoms with Crippen molar-refractivity contribution in [2.45, 2.75) is 27.2 Å². The van der Waals surface area contributed by atoms with E-state index in [4.69, 9.17) is 1.37 Å². The highest BCUT2D eigenvalue weighted by atomic mass is 13.8. The van der Waals surface area contributed by atoms with Gasteiger partial charge in [-0.2, -0.15) is 0 Å². The second kappa shape index (κ2) is 5.04. The van der Waals surface area contributed by atoms with E-state index in [1.807, 2.05) is 6.92 Å². The Morgan fingerprint density at radius 3 is 2.60 bits per heavy atom. The molecule has 0 aromatic carbocycles. The molecule has 0 aromatic rings. The Bertz CT molecular complexity index is 181. The van der Waals surface area contributed by atoms with Crippen molar-refractivity contribution in [2.75, 3.05) is 0 Å². The van der Waals surface area contributed by atoms with Gasteiger partial charge in [-0.25, -0.2) is 0 Å². The number of allylic oxidation sites excluding steroid dienone is 5. The van der Waals surface area contributed by atoms with Crippen molar-refractivity contribution in [1.29, 1.82) is 0 Å². The molecule has 56 valence electrons. The summed E-state index contributed by atoms with van der Waals surface area (Å²) in [7, 11) is 0. The fourth-order valence-corrected chi connectivity index (χ4v) is 0.549. The first-order valence-corrected chi connectivity index (χ1v) is 3.52. The van der Waals surface area contributed by atoms with Crippen molar-refractivity contribution >= 4 is 0 Å². The highest BCUT2D eigenvalue weighted by Gasteiger charge is 1.78. The first-order chi connectivity index (χ1) is 5.16. The molecule has 0 N–H and O–H groups in total. The third kappa shape index (κ3) is 5.36. The van der Waals surface area contributed by atoms with E-state index in [1.165, 1.54) is 12.1 Å².